The number of halogens is 3. The van der Waals surface area contributed by atoms with E-state index in [1.807, 2.05) is 0 Å². The van der Waals surface area contributed by atoms with E-state index in [9.17, 15) is 22.8 Å². The standard InChI is InChI=1S/C16H21F3N2O2/c1-10(2)7-8-11(3)20-14(22)15(23)21-13-6-4-5-12(9-13)16(17,18)19/h4-6,9-11H,7-8H2,1-3H3,(H,20,22)(H,21,23). The van der Waals surface area contributed by atoms with E-state index in [0.717, 1.165) is 25.0 Å². The van der Waals surface area contributed by atoms with E-state index >= 15 is 0 Å². The monoisotopic (exact) mass is 330 g/mol. The van der Waals surface area contributed by atoms with Crippen molar-refractivity contribution in [1.82, 2.24) is 5.32 Å². The smallest absolute Gasteiger partial charge is 0.345 e. The lowest BCUT2D eigenvalue weighted by Gasteiger charge is -2.15. The highest BCUT2D eigenvalue weighted by Gasteiger charge is 2.30. The maximum atomic E-state index is 12.6. The zero-order valence-electron chi connectivity index (χ0n) is 13.3. The number of carbonyl (C=O) groups excluding carboxylic acids is 2. The third-order valence-electron chi connectivity index (χ3n) is 3.21. The Hall–Kier alpha value is -2.05. The van der Waals surface area contributed by atoms with Crippen LogP contribution in [-0.2, 0) is 15.8 Å². The van der Waals surface area contributed by atoms with Gasteiger partial charge in [-0.05, 0) is 43.9 Å². The van der Waals surface area contributed by atoms with Crippen molar-refractivity contribution >= 4 is 17.5 Å². The van der Waals surface area contributed by atoms with Gasteiger partial charge in [0, 0.05) is 11.7 Å². The van der Waals surface area contributed by atoms with Crippen molar-refractivity contribution in [1.29, 1.82) is 0 Å². The van der Waals surface area contributed by atoms with E-state index in [1.165, 1.54) is 12.1 Å². The minimum Gasteiger partial charge on any atom is -0.345 e. The van der Waals surface area contributed by atoms with Crippen LogP contribution in [0, 0.1) is 5.92 Å². The molecule has 1 atom stereocenters. The predicted molar refractivity (Wildman–Crippen MR) is 81.8 cm³/mol. The molecule has 1 aromatic carbocycles. The van der Waals surface area contributed by atoms with Crippen molar-refractivity contribution < 1.29 is 22.8 Å². The van der Waals surface area contributed by atoms with Crippen LogP contribution in [0.25, 0.3) is 0 Å². The van der Waals surface area contributed by atoms with E-state index < -0.39 is 23.6 Å². The number of hydrogen-bond donors (Lipinski definition) is 2. The summed E-state index contributed by atoms with van der Waals surface area (Å²) in [5.41, 5.74) is -0.962. The first-order chi connectivity index (χ1) is 10.6. The van der Waals surface area contributed by atoms with Gasteiger partial charge in [0.1, 0.15) is 0 Å². The highest BCUT2D eigenvalue weighted by molar-refractivity contribution is 6.39. The third-order valence-corrected chi connectivity index (χ3v) is 3.21. The average Bonchev–Trinajstić information content (AvgIpc) is 2.44. The normalized spacial score (nSPS) is 12.8. The molecule has 0 saturated heterocycles. The Kier molecular flexibility index (Phi) is 6.60. The molecule has 2 amide bonds. The van der Waals surface area contributed by atoms with Crippen molar-refractivity contribution in [2.45, 2.75) is 45.8 Å². The molecule has 0 radical (unpaired) electrons. The minimum absolute atomic E-state index is 0.0743. The van der Waals surface area contributed by atoms with Crippen molar-refractivity contribution in [3.8, 4) is 0 Å². The van der Waals surface area contributed by atoms with Crippen LogP contribution in [0.5, 0.6) is 0 Å². The van der Waals surface area contributed by atoms with Gasteiger partial charge in [-0.25, -0.2) is 0 Å². The predicted octanol–water partition coefficient (Wildman–Crippen LogP) is 3.58. The molecule has 0 aliphatic rings. The minimum atomic E-state index is -4.51. The van der Waals surface area contributed by atoms with Crippen LogP contribution in [0.2, 0.25) is 0 Å². The molecule has 0 fully saturated rings. The van der Waals surface area contributed by atoms with E-state index in [0.29, 0.717) is 5.92 Å². The highest BCUT2D eigenvalue weighted by Crippen LogP contribution is 2.30. The first-order valence-corrected chi connectivity index (χ1v) is 7.38. The molecule has 1 aromatic rings. The van der Waals surface area contributed by atoms with Crippen LogP contribution in [0.15, 0.2) is 24.3 Å². The topological polar surface area (TPSA) is 58.2 Å². The van der Waals surface area contributed by atoms with Gasteiger partial charge < -0.3 is 10.6 Å². The number of anilines is 1. The van der Waals surface area contributed by atoms with E-state index in [-0.39, 0.29) is 11.7 Å². The summed E-state index contributed by atoms with van der Waals surface area (Å²) in [5, 5.41) is 4.70. The van der Waals surface area contributed by atoms with Gasteiger partial charge in [-0.1, -0.05) is 19.9 Å². The van der Waals surface area contributed by atoms with E-state index in [4.69, 9.17) is 0 Å². The molecular weight excluding hydrogens is 309 g/mol. The van der Waals surface area contributed by atoms with Gasteiger partial charge in [-0.2, -0.15) is 13.2 Å². The summed E-state index contributed by atoms with van der Waals surface area (Å²) in [7, 11) is 0. The first kappa shape index (κ1) is 19.0. The van der Waals surface area contributed by atoms with E-state index in [2.05, 4.69) is 24.5 Å². The maximum absolute atomic E-state index is 12.6. The van der Waals surface area contributed by atoms with Crippen LogP contribution in [0.3, 0.4) is 0 Å². The van der Waals surface area contributed by atoms with Gasteiger partial charge in [0.25, 0.3) is 0 Å². The molecule has 23 heavy (non-hydrogen) atoms. The Morgan fingerprint density at radius 3 is 2.30 bits per heavy atom. The molecule has 0 bridgehead atoms. The fraction of sp³-hybridized carbons (Fsp3) is 0.500. The Labute approximate surface area is 133 Å². The summed E-state index contributed by atoms with van der Waals surface area (Å²) in [5.74, 6) is -1.37. The summed E-state index contributed by atoms with van der Waals surface area (Å²) in [4.78, 5) is 23.5. The average molecular weight is 330 g/mol. The molecule has 0 saturated carbocycles. The summed E-state index contributed by atoms with van der Waals surface area (Å²) < 4.78 is 37.8. The summed E-state index contributed by atoms with van der Waals surface area (Å²) in [6, 6.07) is 3.96. The molecule has 128 valence electrons. The molecule has 0 aromatic heterocycles. The maximum Gasteiger partial charge on any atom is 0.416 e. The molecule has 7 heteroatoms. The molecule has 0 aliphatic carbocycles. The van der Waals surface area contributed by atoms with Crippen LogP contribution in [-0.4, -0.2) is 17.9 Å². The summed E-state index contributed by atoms with van der Waals surface area (Å²) >= 11 is 0. The molecule has 1 unspecified atom stereocenters. The Morgan fingerprint density at radius 1 is 1.09 bits per heavy atom. The van der Waals surface area contributed by atoms with Crippen LogP contribution >= 0.6 is 0 Å². The van der Waals surface area contributed by atoms with Crippen molar-refractivity contribution in [3.05, 3.63) is 29.8 Å². The van der Waals surface area contributed by atoms with Gasteiger partial charge >= 0.3 is 18.0 Å². The molecule has 0 aliphatic heterocycles. The fourth-order valence-electron chi connectivity index (χ4n) is 1.91. The van der Waals surface area contributed by atoms with E-state index in [1.54, 1.807) is 6.92 Å². The molecule has 4 nitrogen and oxygen atoms in total. The number of rotatable bonds is 5. The van der Waals surface area contributed by atoms with Gasteiger partial charge in [-0.15, -0.1) is 0 Å². The fourth-order valence-corrected chi connectivity index (χ4v) is 1.91. The molecule has 0 spiro atoms. The van der Waals surface area contributed by atoms with Gasteiger partial charge in [-0.3, -0.25) is 9.59 Å². The Bertz CT molecular complexity index is 557. The van der Waals surface area contributed by atoms with Crippen molar-refractivity contribution in [2.75, 3.05) is 5.32 Å². The highest BCUT2D eigenvalue weighted by atomic mass is 19.4. The number of nitrogens with one attached hydrogen (secondary N) is 2. The second kappa shape index (κ2) is 7.99. The number of carbonyl (C=O) groups is 2. The van der Waals surface area contributed by atoms with Gasteiger partial charge in [0.2, 0.25) is 0 Å². The van der Waals surface area contributed by atoms with Crippen LogP contribution in [0.1, 0.15) is 39.2 Å². The van der Waals surface area contributed by atoms with Gasteiger partial charge in [0.15, 0.2) is 0 Å². The Morgan fingerprint density at radius 2 is 1.74 bits per heavy atom. The lowest BCUT2D eigenvalue weighted by molar-refractivity contribution is -0.137. The third kappa shape index (κ3) is 6.71. The van der Waals surface area contributed by atoms with Gasteiger partial charge in [0.05, 0.1) is 5.56 Å². The number of benzene rings is 1. The Balaban J connectivity index is 2.60. The largest absolute Gasteiger partial charge is 0.416 e. The van der Waals surface area contributed by atoms with Crippen LogP contribution < -0.4 is 10.6 Å². The zero-order valence-corrected chi connectivity index (χ0v) is 13.3. The SMILES string of the molecule is CC(C)CCC(C)NC(=O)C(=O)Nc1cccc(C(F)(F)F)c1. The van der Waals surface area contributed by atoms with Crippen molar-refractivity contribution in [3.63, 3.8) is 0 Å². The quantitative estimate of drug-likeness (QED) is 0.811. The molecule has 0 heterocycles. The lowest BCUT2D eigenvalue weighted by atomic mass is 10.0. The second-order valence-corrected chi connectivity index (χ2v) is 5.88. The lowest BCUT2D eigenvalue weighted by Crippen LogP contribution is -2.40. The number of hydrogen-bond acceptors (Lipinski definition) is 2. The second-order valence-electron chi connectivity index (χ2n) is 5.88. The molecule has 2 N–H and O–H groups in total. The number of alkyl halides is 3. The molecular formula is C16H21F3N2O2. The number of amides is 2. The van der Waals surface area contributed by atoms with Crippen molar-refractivity contribution in [2.24, 2.45) is 5.92 Å². The summed E-state index contributed by atoms with van der Waals surface area (Å²) in [6.45, 7) is 5.88. The first-order valence-electron chi connectivity index (χ1n) is 7.38. The zero-order chi connectivity index (χ0) is 17.6. The van der Waals surface area contributed by atoms with Crippen LogP contribution in [0.4, 0.5) is 18.9 Å². The summed E-state index contributed by atoms with van der Waals surface area (Å²) in [6.07, 6.45) is -2.88. The molecule has 1 rings (SSSR count).